The molecule has 0 aromatic heterocycles. The maximum Gasteiger partial charge on any atom is 0.234 e. The van der Waals surface area contributed by atoms with E-state index in [-0.39, 0.29) is 11.9 Å². The van der Waals surface area contributed by atoms with Gasteiger partial charge in [-0.25, -0.2) is 0 Å². The first-order chi connectivity index (χ1) is 9.42. The third kappa shape index (κ3) is 6.03. The van der Waals surface area contributed by atoms with Crippen molar-refractivity contribution in [2.75, 3.05) is 19.6 Å². The summed E-state index contributed by atoms with van der Waals surface area (Å²) in [6.45, 7) is 7.33. The summed E-state index contributed by atoms with van der Waals surface area (Å²) in [4.78, 5) is 13.7. The second-order valence-corrected chi connectivity index (χ2v) is 6.03. The van der Waals surface area contributed by atoms with E-state index in [1.54, 1.807) is 0 Å². The number of amides is 1. The molecule has 20 heavy (non-hydrogen) atoms. The first-order valence-electron chi connectivity index (χ1n) is 6.87. The molecule has 112 valence electrons. The average molecular weight is 343 g/mol. The minimum atomic E-state index is -0.588. The van der Waals surface area contributed by atoms with Gasteiger partial charge in [0.05, 0.1) is 12.6 Å². The van der Waals surface area contributed by atoms with E-state index in [2.05, 4.69) is 21.2 Å². The van der Waals surface area contributed by atoms with E-state index in [1.807, 2.05) is 49.9 Å². The first-order valence-corrected chi connectivity index (χ1v) is 7.67. The highest BCUT2D eigenvalue weighted by molar-refractivity contribution is 9.10. The third-order valence-corrected chi connectivity index (χ3v) is 3.48. The lowest BCUT2D eigenvalue weighted by atomic mass is 10.1. The number of benzene rings is 1. The summed E-state index contributed by atoms with van der Waals surface area (Å²) in [6, 6.07) is 7.71. The molecule has 1 amide bonds. The first kappa shape index (κ1) is 17.1. The quantitative estimate of drug-likeness (QED) is 0.799. The van der Waals surface area contributed by atoms with Gasteiger partial charge in [0.25, 0.3) is 0 Å². The van der Waals surface area contributed by atoms with Crippen LogP contribution in [0.25, 0.3) is 0 Å². The van der Waals surface area contributed by atoms with E-state index >= 15 is 0 Å². The third-order valence-electron chi connectivity index (χ3n) is 2.95. The van der Waals surface area contributed by atoms with Crippen molar-refractivity contribution in [3.8, 4) is 0 Å². The maximum atomic E-state index is 11.7. The number of hydrogen-bond donors (Lipinski definition) is 2. The van der Waals surface area contributed by atoms with Gasteiger partial charge in [0.1, 0.15) is 0 Å². The average Bonchev–Trinajstić information content (AvgIpc) is 2.37. The van der Waals surface area contributed by atoms with Gasteiger partial charge in [-0.2, -0.15) is 0 Å². The molecule has 1 aromatic carbocycles. The van der Waals surface area contributed by atoms with E-state index in [4.69, 9.17) is 0 Å². The van der Waals surface area contributed by atoms with E-state index < -0.39 is 6.10 Å². The topological polar surface area (TPSA) is 52.6 Å². The molecule has 0 saturated heterocycles. The lowest BCUT2D eigenvalue weighted by molar-refractivity contribution is -0.123. The molecule has 0 heterocycles. The predicted molar refractivity (Wildman–Crippen MR) is 84.5 cm³/mol. The number of rotatable bonds is 7. The standard InChI is InChI=1S/C15H23BrN2O2/c1-4-18(10-15(20)17-11(2)3)9-14(19)12-5-7-13(16)8-6-12/h5-8,11,14,19H,4,9-10H2,1-3H3,(H,17,20). The van der Waals surface area contributed by atoms with E-state index in [0.717, 1.165) is 16.6 Å². The zero-order chi connectivity index (χ0) is 15.1. The predicted octanol–water partition coefficient (Wildman–Crippen LogP) is 2.33. The Morgan fingerprint density at radius 1 is 1.35 bits per heavy atom. The van der Waals surface area contributed by atoms with Crippen LogP contribution in [0.2, 0.25) is 0 Å². The molecule has 0 saturated carbocycles. The van der Waals surface area contributed by atoms with Gasteiger partial charge in [-0.15, -0.1) is 0 Å². The number of likely N-dealkylation sites (N-methyl/N-ethyl adjacent to an activating group) is 1. The molecule has 4 nitrogen and oxygen atoms in total. The van der Waals surface area contributed by atoms with Crippen LogP contribution in [-0.4, -0.2) is 41.6 Å². The summed E-state index contributed by atoms with van der Waals surface area (Å²) in [5, 5.41) is 13.1. The molecule has 0 aliphatic carbocycles. The molecule has 0 spiro atoms. The Morgan fingerprint density at radius 2 is 1.95 bits per heavy atom. The van der Waals surface area contributed by atoms with Crippen molar-refractivity contribution in [1.82, 2.24) is 10.2 Å². The van der Waals surface area contributed by atoms with Gasteiger partial charge in [-0.3, -0.25) is 9.69 Å². The molecule has 1 aromatic rings. The molecule has 0 aliphatic rings. The smallest absolute Gasteiger partial charge is 0.234 e. The number of carbonyl (C=O) groups is 1. The molecule has 0 fully saturated rings. The number of nitrogens with zero attached hydrogens (tertiary/aromatic N) is 1. The number of halogens is 1. The molecule has 0 bridgehead atoms. The van der Waals surface area contributed by atoms with Gasteiger partial charge >= 0.3 is 0 Å². The van der Waals surface area contributed by atoms with Crippen molar-refractivity contribution >= 4 is 21.8 Å². The SMILES string of the molecule is CCN(CC(=O)NC(C)C)CC(O)c1ccc(Br)cc1. The van der Waals surface area contributed by atoms with Crippen molar-refractivity contribution in [1.29, 1.82) is 0 Å². The van der Waals surface area contributed by atoms with Gasteiger partial charge in [0.15, 0.2) is 0 Å². The van der Waals surface area contributed by atoms with Gasteiger partial charge in [-0.1, -0.05) is 35.0 Å². The molecule has 1 atom stereocenters. The normalized spacial score (nSPS) is 12.8. The summed E-state index contributed by atoms with van der Waals surface area (Å²) in [5.74, 6) is -0.00939. The van der Waals surface area contributed by atoms with Crippen LogP contribution in [-0.2, 0) is 4.79 Å². The highest BCUT2D eigenvalue weighted by Crippen LogP contribution is 2.17. The fourth-order valence-corrected chi connectivity index (χ4v) is 2.18. The zero-order valence-corrected chi connectivity index (χ0v) is 13.9. The van der Waals surface area contributed by atoms with Gasteiger partial charge in [-0.05, 0) is 38.1 Å². The van der Waals surface area contributed by atoms with Crippen LogP contribution in [0.5, 0.6) is 0 Å². The molecular formula is C15H23BrN2O2. The van der Waals surface area contributed by atoms with Crippen LogP contribution in [0.1, 0.15) is 32.4 Å². The molecule has 5 heteroatoms. The Hall–Kier alpha value is -0.910. The van der Waals surface area contributed by atoms with E-state index in [1.165, 1.54) is 0 Å². The number of nitrogens with one attached hydrogen (secondary N) is 1. The highest BCUT2D eigenvalue weighted by Gasteiger charge is 2.15. The van der Waals surface area contributed by atoms with Gasteiger partial charge in [0, 0.05) is 17.1 Å². The zero-order valence-electron chi connectivity index (χ0n) is 12.3. The Bertz CT molecular complexity index is 420. The number of aliphatic hydroxyl groups is 1. The van der Waals surface area contributed by atoms with Crippen LogP contribution >= 0.6 is 15.9 Å². The van der Waals surface area contributed by atoms with E-state index in [9.17, 15) is 9.90 Å². The second kappa shape index (κ2) is 8.39. The molecule has 0 aliphatic heterocycles. The number of aliphatic hydroxyl groups excluding tert-OH is 1. The summed E-state index contributed by atoms with van der Waals surface area (Å²) >= 11 is 3.37. The largest absolute Gasteiger partial charge is 0.387 e. The molecule has 1 rings (SSSR count). The van der Waals surface area contributed by atoms with Crippen molar-refractivity contribution in [2.45, 2.75) is 32.9 Å². The summed E-state index contributed by atoms with van der Waals surface area (Å²) < 4.78 is 0.983. The molecule has 0 radical (unpaired) electrons. The van der Waals surface area contributed by atoms with Crippen LogP contribution in [0.3, 0.4) is 0 Å². The monoisotopic (exact) mass is 342 g/mol. The molecule has 2 N–H and O–H groups in total. The minimum absolute atomic E-state index is 0.00939. The fourth-order valence-electron chi connectivity index (χ4n) is 1.91. The fraction of sp³-hybridized carbons (Fsp3) is 0.533. The number of carbonyl (C=O) groups excluding carboxylic acids is 1. The minimum Gasteiger partial charge on any atom is -0.387 e. The Balaban J connectivity index is 2.54. The number of hydrogen-bond acceptors (Lipinski definition) is 3. The Kier molecular flexibility index (Phi) is 7.19. The van der Waals surface area contributed by atoms with Crippen LogP contribution in [0, 0.1) is 0 Å². The summed E-state index contributed by atoms with van der Waals surface area (Å²) in [6.07, 6.45) is -0.588. The lowest BCUT2D eigenvalue weighted by Crippen LogP contribution is -2.41. The molecule has 1 unspecified atom stereocenters. The molecular weight excluding hydrogens is 320 g/mol. The van der Waals surface area contributed by atoms with Crippen LogP contribution < -0.4 is 5.32 Å². The van der Waals surface area contributed by atoms with Gasteiger partial charge < -0.3 is 10.4 Å². The lowest BCUT2D eigenvalue weighted by Gasteiger charge is -2.23. The van der Waals surface area contributed by atoms with Crippen molar-refractivity contribution < 1.29 is 9.90 Å². The summed E-state index contributed by atoms with van der Waals surface area (Å²) in [5.41, 5.74) is 0.857. The van der Waals surface area contributed by atoms with E-state index in [0.29, 0.717) is 13.1 Å². The highest BCUT2D eigenvalue weighted by atomic mass is 79.9. The van der Waals surface area contributed by atoms with Crippen LogP contribution in [0.15, 0.2) is 28.7 Å². The van der Waals surface area contributed by atoms with Crippen molar-refractivity contribution in [3.05, 3.63) is 34.3 Å². The Labute approximate surface area is 129 Å². The van der Waals surface area contributed by atoms with Crippen molar-refractivity contribution in [2.24, 2.45) is 0 Å². The van der Waals surface area contributed by atoms with Crippen molar-refractivity contribution in [3.63, 3.8) is 0 Å². The summed E-state index contributed by atoms with van der Waals surface area (Å²) in [7, 11) is 0. The van der Waals surface area contributed by atoms with Gasteiger partial charge in [0.2, 0.25) is 5.91 Å². The van der Waals surface area contributed by atoms with Crippen LogP contribution in [0.4, 0.5) is 0 Å². The maximum absolute atomic E-state index is 11.7. The Morgan fingerprint density at radius 3 is 2.45 bits per heavy atom. The second-order valence-electron chi connectivity index (χ2n) is 5.12.